The molecular formula is C37H36N2O3. The average Bonchev–Trinajstić information content (AvgIpc) is 3.64. The molecule has 4 aromatic carbocycles. The minimum absolute atomic E-state index is 0.125. The number of phenols is 1. The van der Waals surface area contributed by atoms with Crippen LogP contribution in [0.5, 0.6) is 5.75 Å². The third kappa shape index (κ3) is 5.96. The summed E-state index contributed by atoms with van der Waals surface area (Å²) in [4.78, 5) is 6.99. The highest BCUT2D eigenvalue weighted by atomic mass is 16.4. The van der Waals surface area contributed by atoms with E-state index >= 15 is 0 Å². The fourth-order valence-corrected chi connectivity index (χ4v) is 5.21. The van der Waals surface area contributed by atoms with Crippen molar-refractivity contribution < 1.29 is 13.9 Å². The molecule has 0 bridgehead atoms. The Labute approximate surface area is 246 Å². The zero-order valence-electron chi connectivity index (χ0n) is 24.2. The lowest BCUT2D eigenvalue weighted by molar-refractivity contribution is 0.474. The summed E-state index contributed by atoms with van der Waals surface area (Å²) in [6.07, 6.45) is 8.81. The van der Waals surface area contributed by atoms with E-state index in [1.165, 1.54) is 31.4 Å². The first kappa shape index (κ1) is 27.4. The Kier molecular flexibility index (Phi) is 8.09. The van der Waals surface area contributed by atoms with Gasteiger partial charge in [-0.1, -0.05) is 69.2 Å². The average molecular weight is 557 g/mol. The minimum atomic E-state index is 0.125. The number of fused-ring (bicyclic) bond motifs is 2. The molecule has 0 unspecified atom stereocenters. The molecule has 0 aliphatic carbocycles. The van der Waals surface area contributed by atoms with E-state index in [1.54, 1.807) is 6.07 Å². The SMILES string of the molecule is CCCCN(CCCC)c1ccc(-c2cc3ccc(/C=C/c4ccc(-c5nc6ccccc6o5)c(O)c4)cc3o2)cc1. The van der Waals surface area contributed by atoms with Gasteiger partial charge in [0.05, 0.1) is 5.56 Å². The molecule has 1 N–H and O–H groups in total. The molecule has 2 heterocycles. The molecule has 42 heavy (non-hydrogen) atoms. The normalized spacial score (nSPS) is 11.7. The van der Waals surface area contributed by atoms with Crippen molar-refractivity contribution in [3.63, 3.8) is 0 Å². The smallest absolute Gasteiger partial charge is 0.231 e. The zero-order chi connectivity index (χ0) is 28.9. The topological polar surface area (TPSA) is 62.6 Å². The number of oxazole rings is 1. The van der Waals surface area contributed by atoms with Crippen molar-refractivity contribution in [1.29, 1.82) is 0 Å². The van der Waals surface area contributed by atoms with Crippen molar-refractivity contribution in [1.82, 2.24) is 4.98 Å². The first-order valence-corrected chi connectivity index (χ1v) is 14.9. The summed E-state index contributed by atoms with van der Waals surface area (Å²) in [7, 11) is 0. The van der Waals surface area contributed by atoms with Gasteiger partial charge in [0.1, 0.15) is 22.6 Å². The molecule has 0 spiro atoms. The van der Waals surface area contributed by atoms with E-state index in [2.05, 4.69) is 66.2 Å². The standard InChI is InChI=1S/C37H36N2O3/c1-3-5-21-39(22-6-4-2)30-18-16-28(17-19-30)36-25-29-15-13-27(24-35(29)41-36)12-11-26-14-20-31(33(40)23-26)37-38-32-9-7-8-10-34(32)42-37/h7-20,23-25,40H,3-6,21-22H2,1-2H3/b12-11+. The number of benzene rings is 4. The van der Waals surface area contributed by atoms with Gasteiger partial charge in [-0.05, 0) is 84.6 Å². The number of hydrogen-bond acceptors (Lipinski definition) is 5. The number of nitrogens with zero attached hydrogens (tertiary/aromatic N) is 2. The number of phenolic OH excluding ortho intramolecular Hbond substituents is 1. The van der Waals surface area contributed by atoms with E-state index in [0.717, 1.165) is 52.0 Å². The minimum Gasteiger partial charge on any atom is -0.507 e. The molecule has 0 fully saturated rings. The Morgan fingerprint density at radius 1 is 0.738 bits per heavy atom. The van der Waals surface area contributed by atoms with Crippen molar-refractivity contribution in [3.05, 3.63) is 102 Å². The predicted octanol–water partition coefficient (Wildman–Crippen LogP) is 10.2. The van der Waals surface area contributed by atoms with Gasteiger partial charge in [0.2, 0.25) is 5.89 Å². The van der Waals surface area contributed by atoms with Gasteiger partial charge in [-0.25, -0.2) is 4.98 Å². The molecule has 0 radical (unpaired) electrons. The van der Waals surface area contributed by atoms with Crippen molar-refractivity contribution in [3.8, 4) is 28.5 Å². The van der Waals surface area contributed by atoms with Crippen molar-refractivity contribution in [2.75, 3.05) is 18.0 Å². The molecular weight excluding hydrogens is 520 g/mol. The van der Waals surface area contributed by atoms with Crippen LogP contribution < -0.4 is 4.90 Å². The fraction of sp³-hybridized carbons (Fsp3) is 0.216. The molecule has 0 saturated heterocycles. The van der Waals surface area contributed by atoms with Gasteiger partial charge in [-0.2, -0.15) is 0 Å². The molecule has 0 saturated carbocycles. The van der Waals surface area contributed by atoms with Crippen molar-refractivity contribution >= 4 is 39.9 Å². The number of anilines is 1. The van der Waals surface area contributed by atoms with Crippen LogP contribution in [0.25, 0.3) is 57.0 Å². The fourth-order valence-electron chi connectivity index (χ4n) is 5.21. The largest absolute Gasteiger partial charge is 0.507 e. The summed E-state index contributed by atoms with van der Waals surface area (Å²) in [5.41, 5.74) is 7.11. The summed E-state index contributed by atoms with van der Waals surface area (Å²) in [5.74, 6) is 1.40. The first-order valence-electron chi connectivity index (χ1n) is 14.9. The molecule has 0 aliphatic heterocycles. The van der Waals surface area contributed by atoms with Crippen LogP contribution in [0.1, 0.15) is 50.7 Å². The van der Waals surface area contributed by atoms with Crippen molar-refractivity contribution in [2.24, 2.45) is 0 Å². The molecule has 0 atom stereocenters. The molecule has 2 aromatic heterocycles. The maximum atomic E-state index is 10.7. The maximum Gasteiger partial charge on any atom is 0.231 e. The van der Waals surface area contributed by atoms with Gasteiger partial charge in [-0.15, -0.1) is 0 Å². The van der Waals surface area contributed by atoms with Gasteiger partial charge in [0.25, 0.3) is 0 Å². The molecule has 5 nitrogen and oxygen atoms in total. The van der Waals surface area contributed by atoms with Crippen LogP contribution in [-0.4, -0.2) is 23.2 Å². The molecule has 5 heteroatoms. The lowest BCUT2D eigenvalue weighted by Gasteiger charge is -2.24. The number of aromatic nitrogens is 1. The van der Waals surface area contributed by atoms with Gasteiger partial charge >= 0.3 is 0 Å². The van der Waals surface area contributed by atoms with E-state index in [-0.39, 0.29) is 5.75 Å². The van der Waals surface area contributed by atoms with Gasteiger partial charge in [-0.3, -0.25) is 0 Å². The number of hydrogen-bond donors (Lipinski definition) is 1. The second kappa shape index (κ2) is 12.4. The Balaban J connectivity index is 1.17. The van der Waals surface area contributed by atoms with E-state index in [4.69, 9.17) is 8.83 Å². The van der Waals surface area contributed by atoms with E-state index in [1.807, 2.05) is 54.6 Å². The third-order valence-electron chi connectivity index (χ3n) is 7.64. The number of rotatable bonds is 11. The van der Waals surface area contributed by atoms with Crippen LogP contribution in [0.4, 0.5) is 5.69 Å². The monoisotopic (exact) mass is 556 g/mol. The van der Waals surface area contributed by atoms with Crippen LogP contribution in [-0.2, 0) is 0 Å². The van der Waals surface area contributed by atoms with E-state index < -0.39 is 0 Å². The van der Waals surface area contributed by atoms with Crippen LogP contribution in [0.15, 0.2) is 99.8 Å². The molecule has 6 rings (SSSR count). The zero-order valence-corrected chi connectivity index (χ0v) is 24.2. The Hall–Kier alpha value is -4.77. The van der Waals surface area contributed by atoms with E-state index in [0.29, 0.717) is 17.0 Å². The summed E-state index contributed by atoms with van der Waals surface area (Å²) < 4.78 is 12.1. The van der Waals surface area contributed by atoms with Crippen LogP contribution in [0.2, 0.25) is 0 Å². The third-order valence-corrected chi connectivity index (χ3v) is 7.64. The predicted molar refractivity (Wildman–Crippen MR) is 174 cm³/mol. The number of furan rings is 1. The summed E-state index contributed by atoms with van der Waals surface area (Å²) in [6, 6.07) is 30.1. The van der Waals surface area contributed by atoms with Gasteiger partial charge in [0, 0.05) is 29.7 Å². The Morgan fingerprint density at radius 2 is 1.45 bits per heavy atom. The molecule has 0 amide bonds. The first-order chi connectivity index (χ1) is 20.6. The van der Waals surface area contributed by atoms with Crippen molar-refractivity contribution in [2.45, 2.75) is 39.5 Å². The maximum absolute atomic E-state index is 10.7. The summed E-state index contributed by atoms with van der Waals surface area (Å²) in [6.45, 7) is 6.68. The highest BCUT2D eigenvalue weighted by molar-refractivity contribution is 5.86. The Morgan fingerprint density at radius 3 is 2.17 bits per heavy atom. The Bertz CT molecular complexity index is 1790. The lowest BCUT2D eigenvalue weighted by Crippen LogP contribution is -2.25. The van der Waals surface area contributed by atoms with Crippen LogP contribution >= 0.6 is 0 Å². The number of unbranched alkanes of at least 4 members (excludes halogenated alkanes) is 2. The number of aromatic hydroxyl groups is 1. The highest BCUT2D eigenvalue weighted by Crippen LogP contribution is 2.33. The van der Waals surface area contributed by atoms with Gasteiger partial charge < -0.3 is 18.8 Å². The molecule has 212 valence electrons. The quantitative estimate of drug-likeness (QED) is 0.161. The second-order valence-electron chi connectivity index (χ2n) is 10.7. The summed E-state index contributed by atoms with van der Waals surface area (Å²) >= 11 is 0. The van der Waals surface area contributed by atoms with Crippen LogP contribution in [0, 0.1) is 0 Å². The lowest BCUT2D eigenvalue weighted by atomic mass is 10.1. The summed E-state index contributed by atoms with van der Waals surface area (Å²) in [5, 5.41) is 11.8. The van der Waals surface area contributed by atoms with Crippen LogP contribution in [0.3, 0.4) is 0 Å². The highest BCUT2D eigenvalue weighted by Gasteiger charge is 2.13. The van der Waals surface area contributed by atoms with Gasteiger partial charge in [0.15, 0.2) is 5.58 Å². The number of para-hydroxylation sites is 2. The molecule has 0 aliphatic rings. The second-order valence-corrected chi connectivity index (χ2v) is 10.7. The van der Waals surface area contributed by atoms with E-state index in [9.17, 15) is 5.11 Å². The molecule has 6 aromatic rings.